The number of rotatable bonds is 6. The van der Waals surface area contributed by atoms with Gasteiger partial charge in [-0.2, -0.15) is 31.4 Å². The monoisotopic (exact) mass is 686 g/mol. The molecule has 2 aliphatic rings. The highest BCUT2D eigenvalue weighted by molar-refractivity contribution is 6.08. The molecule has 1 saturated heterocycles. The zero-order valence-electron chi connectivity index (χ0n) is 25.3. The lowest BCUT2D eigenvalue weighted by Gasteiger charge is -2.28. The summed E-state index contributed by atoms with van der Waals surface area (Å²) in [6, 6.07) is 15.4. The first-order valence-electron chi connectivity index (χ1n) is 15.2. The zero-order chi connectivity index (χ0) is 34.7. The smallest absolute Gasteiger partial charge is 0.354 e. The second-order valence-electron chi connectivity index (χ2n) is 11.8. The van der Waals surface area contributed by atoms with Crippen LogP contribution >= 0.6 is 0 Å². The fourth-order valence-electron chi connectivity index (χ4n) is 6.35. The molecule has 2 aromatic heterocycles. The van der Waals surface area contributed by atoms with Crippen LogP contribution in [0.3, 0.4) is 0 Å². The molecular weight excluding hydrogens is 661 g/mol. The molecular formula is C33H25F7N6O3. The van der Waals surface area contributed by atoms with Gasteiger partial charge < -0.3 is 9.42 Å². The molecule has 1 N–H and O–H groups in total. The SMILES string of the molecule is O=C1c2c(c(C(F)(F)F)nn2-c2ccc3onc(NC(=O)C(F)(F)F)c3c2)CCN1c1ccc(-c2ccccc2CN2CCCC2)cc1F. The second kappa shape index (κ2) is 12.0. The fourth-order valence-corrected chi connectivity index (χ4v) is 6.35. The zero-order valence-corrected chi connectivity index (χ0v) is 25.3. The van der Waals surface area contributed by atoms with Gasteiger partial charge in [0.1, 0.15) is 11.5 Å². The van der Waals surface area contributed by atoms with E-state index in [1.807, 2.05) is 24.3 Å². The van der Waals surface area contributed by atoms with Gasteiger partial charge in [0.25, 0.3) is 5.91 Å². The van der Waals surface area contributed by atoms with Crippen LogP contribution in [0.15, 0.2) is 65.2 Å². The number of carbonyl (C=O) groups is 2. The van der Waals surface area contributed by atoms with Crippen LogP contribution in [0.5, 0.6) is 0 Å². The van der Waals surface area contributed by atoms with Crippen molar-refractivity contribution >= 4 is 34.3 Å². The molecule has 4 heterocycles. The van der Waals surface area contributed by atoms with Crippen LogP contribution in [0.1, 0.15) is 40.2 Å². The molecule has 254 valence electrons. The summed E-state index contributed by atoms with van der Waals surface area (Å²) in [5.41, 5.74) is -0.296. The number of amides is 2. The third-order valence-electron chi connectivity index (χ3n) is 8.63. The molecule has 2 amide bonds. The van der Waals surface area contributed by atoms with E-state index >= 15 is 4.39 Å². The number of hydrogen-bond acceptors (Lipinski definition) is 6. The minimum absolute atomic E-state index is 0.101. The molecule has 5 aromatic rings. The summed E-state index contributed by atoms with van der Waals surface area (Å²) in [7, 11) is 0. The molecule has 0 radical (unpaired) electrons. The van der Waals surface area contributed by atoms with E-state index in [9.17, 15) is 35.9 Å². The molecule has 3 aromatic carbocycles. The predicted octanol–water partition coefficient (Wildman–Crippen LogP) is 7.14. The maximum absolute atomic E-state index is 15.9. The number of anilines is 2. The van der Waals surface area contributed by atoms with E-state index in [2.05, 4.69) is 15.2 Å². The van der Waals surface area contributed by atoms with Gasteiger partial charge in [0, 0.05) is 18.7 Å². The van der Waals surface area contributed by atoms with E-state index in [1.54, 1.807) is 11.4 Å². The third kappa shape index (κ3) is 6.00. The van der Waals surface area contributed by atoms with Gasteiger partial charge in [-0.1, -0.05) is 35.5 Å². The molecule has 0 spiro atoms. The molecule has 0 unspecified atom stereocenters. The summed E-state index contributed by atoms with van der Waals surface area (Å²) in [5.74, 6) is -4.73. The van der Waals surface area contributed by atoms with Gasteiger partial charge in [-0.3, -0.25) is 19.8 Å². The number of nitrogens with one attached hydrogen (secondary N) is 1. The number of likely N-dealkylation sites (tertiary alicyclic amines) is 1. The standard InChI is InChI=1S/C33H25F7N6O3/c34-24-15-18(21-6-2-1-5-19(21)17-44-12-3-4-13-44)7-9-25(24)45-14-11-22-27(30(45)47)46(42-28(22)32(35,36)37)20-8-10-26-23(16-20)29(43-49-26)41-31(48)33(38,39)40/h1-2,5-10,15-16H,3-4,11-14,17H2,(H,41,43,48). The maximum Gasteiger partial charge on any atom is 0.471 e. The Morgan fingerprint density at radius 1 is 0.939 bits per heavy atom. The molecule has 0 saturated carbocycles. The Balaban J connectivity index is 1.25. The van der Waals surface area contributed by atoms with Gasteiger partial charge in [0.05, 0.1) is 16.8 Å². The van der Waals surface area contributed by atoms with Gasteiger partial charge in [-0.15, -0.1) is 0 Å². The van der Waals surface area contributed by atoms with E-state index in [-0.39, 0.29) is 35.3 Å². The van der Waals surface area contributed by atoms with E-state index in [4.69, 9.17) is 4.52 Å². The Kier molecular flexibility index (Phi) is 7.92. The minimum Gasteiger partial charge on any atom is -0.354 e. The number of carbonyl (C=O) groups excluding carboxylic acids is 2. The second-order valence-corrected chi connectivity index (χ2v) is 11.8. The van der Waals surface area contributed by atoms with Crippen molar-refractivity contribution in [2.45, 2.75) is 38.2 Å². The summed E-state index contributed by atoms with van der Waals surface area (Å²) in [6.07, 6.45) is -8.34. The van der Waals surface area contributed by atoms with E-state index in [0.29, 0.717) is 16.8 Å². The molecule has 16 heteroatoms. The number of nitrogens with zero attached hydrogens (tertiary/aromatic N) is 5. The lowest BCUT2D eigenvalue weighted by Crippen LogP contribution is -2.39. The largest absolute Gasteiger partial charge is 0.471 e. The number of hydrogen-bond donors (Lipinski definition) is 1. The average molecular weight is 687 g/mol. The Morgan fingerprint density at radius 3 is 2.41 bits per heavy atom. The molecule has 0 aliphatic carbocycles. The van der Waals surface area contributed by atoms with Gasteiger partial charge >= 0.3 is 18.3 Å². The lowest BCUT2D eigenvalue weighted by atomic mass is 9.98. The molecule has 2 aliphatic heterocycles. The van der Waals surface area contributed by atoms with Gasteiger partial charge in [0.2, 0.25) is 0 Å². The highest BCUT2D eigenvalue weighted by Gasteiger charge is 2.44. The Labute approximate surface area is 272 Å². The lowest BCUT2D eigenvalue weighted by molar-refractivity contribution is -0.167. The van der Waals surface area contributed by atoms with Crippen LogP contribution in [-0.4, -0.2) is 57.5 Å². The fraction of sp³-hybridized carbons (Fsp3) is 0.273. The first kappa shape index (κ1) is 32.3. The van der Waals surface area contributed by atoms with Crippen molar-refractivity contribution in [3.8, 4) is 16.8 Å². The van der Waals surface area contributed by atoms with Crippen LogP contribution in [0.2, 0.25) is 0 Å². The van der Waals surface area contributed by atoms with Gasteiger partial charge in [-0.05, 0) is 79.4 Å². The Bertz CT molecular complexity index is 2100. The van der Waals surface area contributed by atoms with Crippen LogP contribution in [0, 0.1) is 5.82 Å². The van der Waals surface area contributed by atoms with Crippen molar-refractivity contribution in [2.75, 3.05) is 29.9 Å². The highest BCUT2D eigenvalue weighted by Crippen LogP contribution is 2.39. The Hall–Kier alpha value is -5.25. The van der Waals surface area contributed by atoms with Gasteiger partial charge in [0.15, 0.2) is 17.1 Å². The molecule has 9 nitrogen and oxygen atoms in total. The van der Waals surface area contributed by atoms with Crippen LogP contribution in [-0.2, 0) is 23.9 Å². The van der Waals surface area contributed by atoms with Gasteiger partial charge in [-0.25, -0.2) is 9.07 Å². The number of fused-ring (bicyclic) bond motifs is 2. The summed E-state index contributed by atoms with van der Waals surface area (Å²) >= 11 is 0. The van der Waals surface area contributed by atoms with Crippen molar-refractivity contribution in [3.05, 3.63) is 89.0 Å². The molecule has 49 heavy (non-hydrogen) atoms. The predicted molar refractivity (Wildman–Crippen MR) is 163 cm³/mol. The topological polar surface area (TPSA) is 96.5 Å². The number of halogens is 7. The van der Waals surface area contributed by atoms with Crippen molar-refractivity contribution < 1.29 is 44.8 Å². The molecule has 7 rings (SSSR count). The average Bonchev–Trinajstić information content (AvgIpc) is 3.81. The van der Waals surface area contributed by atoms with Crippen LogP contribution < -0.4 is 10.2 Å². The summed E-state index contributed by atoms with van der Waals surface area (Å²) in [4.78, 5) is 28.8. The molecule has 1 fully saturated rings. The number of aromatic nitrogens is 3. The number of alkyl halides is 6. The number of benzene rings is 3. The minimum atomic E-state index is -5.26. The van der Waals surface area contributed by atoms with E-state index in [0.717, 1.165) is 48.0 Å². The molecule has 0 atom stereocenters. The van der Waals surface area contributed by atoms with Crippen molar-refractivity contribution in [1.29, 1.82) is 0 Å². The van der Waals surface area contributed by atoms with Crippen molar-refractivity contribution in [2.24, 2.45) is 0 Å². The van der Waals surface area contributed by atoms with E-state index < -0.39 is 52.8 Å². The van der Waals surface area contributed by atoms with Crippen LogP contribution in [0.25, 0.3) is 27.8 Å². The van der Waals surface area contributed by atoms with Crippen molar-refractivity contribution in [1.82, 2.24) is 19.8 Å². The van der Waals surface area contributed by atoms with E-state index in [1.165, 1.54) is 24.3 Å². The quantitative estimate of drug-likeness (QED) is 0.191. The first-order chi connectivity index (χ1) is 23.3. The summed E-state index contributed by atoms with van der Waals surface area (Å²) in [6.45, 7) is 2.35. The maximum atomic E-state index is 15.9. The highest BCUT2D eigenvalue weighted by atomic mass is 19.4. The summed E-state index contributed by atoms with van der Waals surface area (Å²) in [5, 5.41) is 8.47. The normalized spacial score (nSPS) is 15.7. The Morgan fingerprint density at radius 2 is 1.69 bits per heavy atom. The van der Waals surface area contributed by atoms with Crippen molar-refractivity contribution in [3.63, 3.8) is 0 Å². The molecule has 0 bridgehead atoms. The first-order valence-corrected chi connectivity index (χ1v) is 15.2. The third-order valence-corrected chi connectivity index (χ3v) is 8.63. The summed E-state index contributed by atoms with van der Waals surface area (Å²) < 4.78 is 103. The van der Waals surface area contributed by atoms with Crippen LogP contribution in [0.4, 0.5) is 42.2 Å².